The van der Waals surface area contributed by atoms with E-state index >= 15 is 0 Å². The maximum atomic E-state index is 12.4. The number of nitrogens with zero attached hydrogens (tertiary/aromatic N) is 1. The number of hydrogen-bond donors (Lipinski definition) is 3. The van der Waals surface area contributed by atoms with Crippen LogP contribution in [0.3, 0.4) is 0 Å². The van der Waals surface area contributed by atoms with Crippen LogP contribution >= 0.6 is 0 Å². The van der Waals surface area contributed by atoms with Crippen LogP contribution in [0.2, 0.25) is 0 Å². The number of rotatable bonds is 5. The van der Waals surface area contributed by atoms with Gasteiger partial charge in [0.2, 0.25) is 0 Å². The Hall–Kier alpha value is -3.54. The fraction of sp³-hybridized carbons (Fsp3) is 0.100. The molecule has 26 heavy (non-hydrogen) atoms. The third kappa shape index (κ3) is 3.92. The lowest BCUT2D eigenvalue weighted by Crippen LogP contribution is -2.13. The van der Waals surface area contributed by atoms with E-state index in [1.54, 1.807) is 18.2 Å². The number of H-pyrrole nitrogens is 1. The molecule has 2 aromatic carbocycles. The molecule has 0 aliphatic carbocycles. The maximum Gasteiger partial charge on any atom is 0.328 e. The Labute approximate surface area is 150 Å². The third-order valence-corrected chi connectivity index (χ3v) is 3.95. The molecule has 0 spiro atoms. The lowest BCUT2D eigenvalue weighted by Gasteiger charge is -2.12. The second kappa shape index (κ2) is 7.14. The Morgan fingerprint density at radius 2 is 1.81 bits per heavy atom. The molecule has 3 rings (SSSR count). The van der Waals surface area contributed by atoms with Gasteiger partial charge in [-0.1, -0.05) is 0 Å². The Kier molecular flexibility index (Phi) is 4.75. The van der Waals surface area contributed by atoms with Crippen LogP contribution in [0.25, 0.3) is 17.0 Å². The summed E-state index contributed by atoms with van der Waals surface area (Å²) in [7, 11) is 3.89. The van der Waals surface area contributed by atoms with Crippen molar-refractivity contribution in [2.75, 3.05) is 24.3 Å². The number of nitrogens with one attached hydrogen (secondary N) is 2. The van der Waals surface area contributed by atoms with E-state index in [1.165, 1.54) is 6.08 Å². The van der Waals surface area contributed by atoms with E-state index in [1.807, 2.05) is 49.3 Å². The van der Waals surface area contributed by atoms with Crippen molar-refractivity contribution in [2.45, 2.75) is 0 Å². The predicted octanol–water partition coefficient (Wildman–Crippen LogP) is 3.58. The van der Waals surface area contributed by atoms with Crippen LogP contribution in [0.5, 0.6) is 0 Å². The summed E-state index contributed by atoms with van der Waals surface area (Å²) in [6.07, 6.45) is 2.57. The van der Waals surface area contributed by atoms with E-state index in [-0.39, 0.29) is 5.91 Å². The summed E-state index contributed by atoms with van der Waals surface area (Å²) in [6.45, 7) is 0. The Balaban J connectivity index is 1.77. The van der Waals surface area contributed by atoms with Gasteiger partial charge in [-0.25, -0.2) is 4.79 Å². The van der Waals surface area contributed by atoms with Crippen LogP contribution < -0.4 is 10.2 Å². The minimum atomic E-state index is -1.00. The van der Waals surface area contributed by atoms with E-state index in [0.29, 0.717) is 16.9 Å². The lowest BCUT2D eigenvalue weighted by atomic mass is 10.1. The maximum absolute atomic E-state index is 12.4. The summed E-state index contributed by atoms with van der Waals surface area (Å²) < 4.78 is 0. The number of aromatic amines is 1. The second-order valence-corrected chi connectivity index (χ2v) is 6.09. The molecule has 0 fully saturated rings. The van der Waals surface area contributed by atoms with Gasteiger partial charge in [0.15, 0.2) is 0 Å². The summed E-state index contributed by atoms with van der Waals surface area (Å²) in [5.74, 6) is -1.19. The molecular formula is C20H19N3O3. The molecule has 0 unspecified atom stereocenters. The summed E-state index contributed by atoms with van der Waals surface area (Å²) in [5, 5.41) is 12.5. The molecule has 6 nitrogen and oxygen atoms in total. The number of aromatic nitrogens is 1. The van der Waals surface area contributed by atoms with Crippen molar-refractivity contribution in [3.63, 3.8) is 0 Å². The standard InChI is InChI=1S/C20H19N3O3/c1-23(2)17-7-3-13(4-8-17)20(26)22-16-5-9-18-14(12-16)11-15(21-18)6-10-19(24)25/h3-12,21H,1-2H3,(H,22,26)(H,24,25)/b10-6+. The number of fused-ring (bicyclic) bond motifs is 1. The van der Waals surface area contributed by atoms with Crippen LogP contribution in [-0.4, -0.2) is 36.1 Å². The molecule has 0 radical (unpaired) electrons. The van der Waals surface area contributed by atoms with Gasteiger partial charge in [0.05, 0.1) is 0 Å². The number of carbonyl (C=O) groups excluding carboxylic acids is 1. The molecule has 0 atom stereocenters. The van der Waals surface area contributed by atoms with Crippen LogP contribution in [-0.2, 0) is 4.79 Å². The number of anilines is 2. The normalized spacial score (nSPS) is 11.0. The quantitative estimate of drug-likeness (QED) is 0.615. The molecule has 1 amide bonds. The molecule has 0 bridgehead atoms. The van der Waals surface area contributed by atoms with Crippen molar-refractivity contribution in [3.05, 3.63) is 65.9 Å². The number of amides is 1. The summed E-state index contributed by atoms with van der Waals surface area (Å²) in [6, 6.07) is 14.7. The highest BCUT2D eigenvalue weighted by Crippen LogP contribution is 2.22. The summed E-state index contributed by atoms with van der Waals surface area (Å²) in [5.41, 5.74) is 3.83. The Bertz CT molecular complexity index is 985. The SMILES string of the molecule is CN(C)c1ccc(C(=O)Nc2ccc3[nH]c(/C=C/C(=O)O)cc3c2)cc1. The Morgan fingerprint density at radius 3 is 2.46 bits per heavy atom. The van der Waals surface area contributed by atoms with Gasteiger partial charge < -0.3 is 20.3 Å². The zero-order chi connectivity index (χ0) is 18.7. The van der Waals surface area contributed by atoms with Crippen molar-refractivity contribution >= 4 is 40.2 Å². The van der Waals surface area contributed by atoms with Crippen LogP contribution in [0.4, 0.5) is 11.4 Å². The zero-order valence-corrected chi connectivity index (χ0v) is 14.5. The topological polar surface area (TPSA) is 85.4 Å². The molecule has 1 heterocycles. The van der Waals surface area contributed by atoms with E-state index in [2.05, 4.69) is 10.3 Å². The monoisotopic (exact) mass is 349 g/mol. The minimum Gasteiger partial charge on any atom is -0.478 e. The van der Waals surface area contributed by atoms with Gasteiger partial charge in [0.1, 0.15) is 0 Å². The first-order valence-corrected chi connectivity index (χ1v) is 8.05. The highest BCUT2D eigenvalue weighted by molar-refractivity contribution is 6.05. The van der Waals surface area contributed by atoms with Crippen molar-refractivity contribution in [1.29, 1.82) is 0 Å². The van der Waals surface area contributed by atoms with Gasteiger partial charge in [-0.05, 0) is 54.6 Å². The number of carboxylic acid groups (broad SMARTS) is 1. The van der Waals surface area contributed by atoms with E-state index in [9.17, 15) is 9.59 Å². The third-order valence-electron chi connectivity index (χ3n) is 3.95. The number of benzene rings is 2. The minimum absolute atomic E-state index is 0.184. The molecule has 0 saturated carbocycles. The van der Waals surface area contributed by atoms with E-state index in [4.69, 9.17) is 5.11 Å². The average Bonchev–Trinajstić information content (AvgIpc) is 3.02. The Morgan fingerprint density at radius 1 is 1.08 bits per heavy atom. The first kappa shape index (κ1) is 17.3. The first-order chi connectivity index (χ1) is 12.4. The fourth-order valence-corrected chi connectivity index (χ4v) is 2.60. The van der Waals surface area contributed by atoms with Crippen LogP contribution in [0.1, 0.15) is 16.1 Å². The highest BCUT2D eigenvalue weighted by Gasteiger charge is 2.08. The smallest absolute Gasteiger partial charge is 0.328 e. The van der Waals surface area contributed by atoms with Gasteiger partial charge in [-0.3, -0.25) is 4.79 Å². The largest absolute Gasteiger partial charge is 0.478 e. The highest BCUT2D eigenvalue weighted by atomic mass is 16.4. The van der Waals surface area contributed by atoms with Crippen LogP contribution in [0.15, 0.2) is 54.6 Å². The molecule has 3 aromatic rings. The molecule has 1 aromatic heterocycles. The van der Waals surface area contributed by atoms with Gasteiger partial charge in [0.25, 0.3) is 5.91 Å². The van der Waals surface area contributed by atoms with Crippen molar-refractivity contribution in [1.82, 2.24) is 4.98 Å². The number of carboxylic acids is 1. The molecular weight excluding hydrogens is 330 g/mol. The average molecular weight is 349 g/mol. The molecule has 3 N–H and O–H groups in total. The molecule has 6 heteroatoms. The second-order valence-electron chi connectivity index (χ2n) is 6.09. The fourth-order valence-electron chi connectivity index (χ4n) is 2.60. The van der Waals surface area contributed by atoms with E-state index < -0.39 is 5.97 Å². The van der Waals surface area contributed by atoms with E-state index in [0.717, 1.165) is 22.7 Å². The first-order valence-electron chi connectivity index (χ1n) is 8.05. The van der Waals surface area contributed by atoms with Crippen molar-refractivity contribution in [2.24, 2.45) is 0 Å². The summed E-state index contributed by atoms with van der Waals surface area (Å²) in [4.78, 5) is 28.1. The van der Waals surface area contributed by atoms with Crippen molar-refractivity contribution < 1.29 is 14.7 Å². The van der Waals surface area contributed by atoms with Gasteiger partial charge in [-0.2, -0.15) is 0 Å². The van der Waals surface area contributed by atoms with Crippen molar-refractivity contribution in [3.8, 4) is 0 Å². The summed E-state index contributed by atoms with van der Waals surface area (Å²) >= 11 is 0. The molecule has 132 valence electrons. The number of aliphatic carboxylic acids is 1. The van der Waals surface area contributed by atoms with Gasteiger partial charge >= 0.3 is 5.97 Å². The zero-order valence-electron chi connectivity index (χ0n) is 14.5. The number of carbonyl (C=O) groups is 2. The lowest BCUT2D eigenvalue weighted by molar-refractivity contribution is -0.131. The van der Waals surface area contributed by atoms with Crippen LogP contribution in [0, 0.1) is 0 Å². The van der Waals surface area contributed by atoms with Gasteiger partial charge in [0, 0.05) is 53.7 Å². The molecule has 0 saturated heterocycles. The number of hydrogen-bond acceptors (Lipinski definition) is 3. The molecule has 0 aliphatic rings. The predicted molar refractivity (Wildman–Crippen MR) is 104 cm³/mol. The molecule has 0 aliphatic heterocycles. The van der Waals surface area contributed by atoms with Gasteiger partial charge in [-0.15, -0.1) is 0 Å².